The molecule has 2 aromatic rings. The van der Waals surface area contributed by atoms with Gasteiger partial charge < -0.3 is 9.47 Å². The van der Waals surface area contributed by atoms with Crippen molar-refractivity contribution < 1.29 is 9.47 Å². The van der Waals surface area contributed by atoms with Crippen LogP contribution >= 0.6 is 11.8 Å². The summed E-state index contributed by atoms with van der Waals surface area (Å²) in [6.07, 6.45) is 0.995. The minimum Gasteiger partial charge on any atom is -0.497 e. The van der Waals surface area contributed by atoms with E-state index in [0.717, 1.165) is 35.0 Å². The van der Waals surface area contributed by atoms with Gasteiger partial charge in [0.2, 0.25) is 0 Å². The lowest BCUT2D eigenvalue weighted by Gasteiger charge is -2.07. The lowest BCUT2D eigenvalue weighted by Crippen LogP contribution is -1.99. The maximum atomic E-state index is 8.86. The summed E-state index contributed by atoms with van der Waals surface area (Å²) in [6.45, 7) is 0.706. The molecule has 0 unspecified atom stereocenters. The van der Waals surface area contributed by atoms with E-state index in [1.54, 1.807) is 7.11 Å². The molecular formula is C18H19NO2S. The molecule has 0 aliphatic heterocycles. The number of thioether (sulfide) groups is 1. The van der Waals surface area contributed by atoms with Crippen LogP contribution in [0, 0.1) is 11.3 Å². The third-order valence-corrected chi connectivity index (χ3v) is 4.20. The van der Waals surface area contributed by atoms with Gasteiger partial charge in [-0.15, -0.1) is 0 Å². The van der Waals surface area contributed by atoms with Gasteiger partial charge in [0.05, 0.1) is 25.3 Å². The Morgan fingerprint density at radius 1 is 1.09 bits per heavy atom. The first kappa shape index (κ1) is 16.3. The number of nitrogens with zero attached hydrogens (tertiary/aromatic N) is 1. The molecule has 0 fully saturated rings. The van der Waals surface area contributed by atoms with Crippen molar-refractivity contribution in [2.45, 2.75) is 12.2 Å². The first-order valence-electron chi connectivity index (χ1n) is 7.15. The predicted molar refractivity (Wildman–Crippen MR) is 90.4 cm³/mol. The van der Waals surface area contributed by atoms with E-state index >= 15 is 0 Å². The molecule has 0 saturated heterocycles. The van der Waals surface area contributed by atoms with Crippen molar-refractivity contribution in [3.8, 4) is 17.6 Å². The van der Waals surface area contributed by atoms with E-state index in [4.69, 9.17) is 14.7 Å². The quantitative estimate of drug-likeness (QED) is 0.683. The lowest BCUT2D eigenvalue weighted by molar-refractivity contribution is 0.318. The van der Waals surface area contributed by atoms with Gasteiger partial charge in [-0.3, -0.25) is 0 Å². The molecule has 0 bridgehead atoms. The number of ether oxygens (including phenoxy) is 2. The zero-order chi connectivity index (χ0) is 15.6. The maximum Gasteiger partial charge on any atom is 0.119 e. The highest BCUT2D eigenvalue weighted by Crippen LogP contribution is 2.18. The normalized spacial score (nSPS) is 10.0. The first-order chi connectivity index (χ1) is 10.8. The van der Waals surface area contributed by atoms with E-state index in [2.05, 4.69) is 12.1 Å². The van der Waals surface area contributed by atoms with Crippen LogP contribution in [0.15, 0.2) is 48.5 Å². The monoisotopic (exact) mass is 313 g/mol. The number of rotatable bonds is 8. The standard InChI is InChI=1S/C18H19NO2S/c1-20-17-6-8-18(9-7-17)21-10-3-11-22-14-16-5-2-4-15(12-16)13-19/h2,4-9,12H,3,10-11,14H2,1H3. The highest BCUT2D eigenvalue weighted by Gasteiger charge is 1.98. The molecule has 0 saturated carbocycles. The van der Waals surface area contributed by atoms with Gasteiger partial charge in [-0.05, 0) is 54.1 Å². The third kappa shape index (κ3) is 5.34. The zero-order valence-electron chi connectivity index (χ0n) is 12.6. The molecule has 0 heterocycles. The van der Waals surface area contributed by atoms with Crippen LogP contribution in [0.4, 0.5) is 0 Å². The van der Waals surface area contributed by atoms with Crippen molar-refractivity contribution in [3.05, 3.63) is 59.7 Å². The summed E-state index contributed by atoms with van der Waals surface area (Å²) in [5.41, 5.74) is 1.92. The highest BCUT2D eigenvalue weighted by molar-refractivity contribution is 7.98. The Bertz CT molecular complexity index is 620. The zero-order valence-corrected chi connectivity index (χ0v) is 13.4. The van der Waals surface area contributed by atoms with Crippen LogP contribution < -0.4 is 9.47 Å². The van der Waals surface area contributed by atoms with E-state index in [0.29, 0.717) is 6.61 Å². The molecule has 0 aliphatic rings. The van der Waals surface area contributed by atoms with Crippen LogP contribution in [-0.2, 0) is 5.75 Å². The van der Waals surface area contributed by atoms with E-state index in [-0.39, 0.29) is 0 Å². The molecule has 3 nitrogen and oxygen atoms in total. The number of hydrogen-bond acceptors (Lipinski definition) is 4. The number of benzene rings is 2. The Hall–Kier alpha value is -2.12. The molecule has 2 rings (SSSR count). The fraction of sp³-hybridized carbons (Fsp3) is 0.278. The molecule has 0 spiro atoms. The molecule has 114 valence electrons. The van der Waals surface area contributed by atoms with Crippen molar-refractivity contribution in [2.24, 2.45) is 0 Å². The van der Waals surface area contributed by atoms with Crippen molar-refractivity contribution >= 4 is 11.8 Å². The van der Waals surface area contributed by atoms with Crippen LogP contribution in [0.25, 0.3) is 0 Å². The molecular weight excluding hydrogens is 294 g/mol. The summed E-state index contributed by atoms with van der Waals surface area (Å²) in [6, 6.07) is 17.6. The average Bonchev–Trinajstić information content (AvgIpc) is 2.58. The van der Waals surface area contributed by atoms with E-state index < -0.39 is 0 Å². The smallest absolute Gasteiger partial charge is 0.119 e. The van der Waals surface area contributed by atoms with Crippen molar-refractivity contribution in [2.75, 3.05) is 19.5 Å². The van der Waals surface area contributed by atoms with Gasteiger partial charge in [0, 0.05) is 5.75 Å². The van der Waals surface area contributed by atoms with Crippen LogP contribution in [0.2, 0.25) is 0 Å². The average molecular weight is 313 g/mol. The van der Waals surface area contributed by atoms with Crippen LogP contribution in [0.3, 0.4) is 0 Å². The van der Waals surface area contributed by atoms with E-state index in [1.165, 1.54) is 5.56 Å². The molecule has 0 aliphatic carbocycles. The molecule has 2 aromatic carbocycles. The van der Waals surface area contributed by atoms with Crippen LogP contribution in [-0.4, -0.2) is 19.5 Å². The van der Waals surface area contributed by atoms with Crippen molar-refractivity contribution in [3.63, 3.8) is 0 Å². The topological polar surface area (TPSA) is 42.2 Å². The summed E-state index contributed by atoms with van der Waals surface area (Å²) >= 11 is 1.86. The van der Waals surface area contributed by atoms with Gasteiger partial charge in [-0.1, -0.05) is 12.1 Å². The van der Waals surface area contributed by atoms with Crippen LogP contribution in [0.1, 0.15) is 17.5 Å². The van der Waals surface area contributed by atoms with E-state index in [1.807, 2.05) is 54.2 Å². The van der Waals surface area contributed by atoms with Crippen molar-refractivity contribution in [1.82, 2.24) is 0 Å². The maximum absolute atomic E-state index is 8.86. The molecule has 0 atom stereocenters. The van der Waals surface area contributed by atoms with Gasteiger partial charge in [-0.25, -0.2) is 0 Å². The van der Waals surface area contributed by atoms with E-state index in [9.17, 15) is 0 Å². The van der Waals surface area contributed by atoms with Gasteiger partial charge >= 0.3 is 0 Å². The largest absolute Gasteiger partial charge is 0.497 e. The number of methoxy groups -OCH3 is 1. The van der Waals surface area contributed by atoms with Gasteiger partial charge in [-0.2, -0.15) is 17.0 Å². The van der Waals surface area contributed by atoms with Gasteiger partial charge in [0.25, 0.3) is 0 Å². The number of nitriles is 1. The SMILES string of the molecule is COc1ccc(OCCCSCc2cccc(C#N)c2)cc1. The molecule has 0 aromatic heterocycles. The molecule has 0 amide bonds. The second-order valence-electron chi connectivity index (χ2n) is 4.74. The minimum atomic E-state index is 0.706. The second kappa shape index (κ2) is 9.01. The Balaban J connectivity index is 1.61. The fourth-order valence-corrected chi connectivity index (χ4v) is 2.83. The van der Waals surface area contributed by atoms with Crippen LogP contribution in [0.5, 0.6) is 11.5 Å². The Kier molecular flexibility index (Phi) is 6.66. The minimum absolute atomic E-state index is 0.706. The Morgan fingerprint density at radius 3 is 2.59 bits per heavy atom. The summed E-state index contributed by atoms with van der Waals surface area (Å²) in [7, 11) is 1.65. The molecule has 0 radical (unpaired) electrons. The van der Waals surface area contributed by atoms with Crippen molar-refractivity contribution in [1.29, 1.82) is 5.26 Å². The molecule has 0 N–H and O–H groups in total. The fourth-order valence-electron chi connectivity index (χ4n) is 1.94. The summed E-state index contributed by atoms with van der Waals surface area (Å²) in [4.78, 5) is 0. The Morgan fingerprint density at radius 2 is 1.86 bits per heavy atom. The molecule has 4 heteroatoms. The summed E-state index contributed by atoms with van der Waals surface area (Å²) in [5, 5.41) is 8.86. The Labute approximate surface area is 135 Å². The summed E-state index contributed by atoms with van der Waals surface area (Å²) in [5.74, 6) is 3.67. The lowest BCUT2D eigenvalue weighted by atomic mass is 10.2. The predicted octanol–water partition coefficient (Wildman–Crippen LogP) is 4.27. The van der Waals surface area contributed by atoms with Gasteiger partial charge in [0.1, 0.15) is 11.5 Å². The molecule has 22 heavy (non-hydrogen) atoms. The third-order valence-electron chi connectivity index (χ3n) is 3.09. The first-order valence-corrected chi connectivity index (χ1v) is 8.31. The summed E-state index contributed by atoms with van der Waals surface area (Å²) < 4.78 is 10.8. The second-order valence-corrected chi connectivity index (χ2v) is 5.85. The van der Waals surface area contributed by atoms with Gasteiger partial charge in [0.15, 0.2) is 0 Å². The number of hydrogen-bond donors (Lipinski definition) is 0. The highest BCUT2D eigenvalue weighted by atomic mass is 32.2.